The van der Waals surface area contributed by atoms with E-state index in [9.17, 15) is 9.59 Å². The largest absolute Gasteiger partial charge is 0.493 e. The summed E-state index contributed by atoms with van der Waals surface area (Å²) in [5, 5.41) is 0. The molecule has 1 atom stereocenters. The number of rotatable bonds is 14. The van der Waals surface area contributed by atoms with Crippen molar-refractivity contribution in [3.63, 3.8) is 0 Å². The number of aromatic nitrogens is 3. The number of carbonyl (C=O) groups is 2. The maximum Gasteiger partial charge on any atom is 0.229 e. The molecule has 0 N–H and O–H groups in total. The number of amides is 1. The number of para-hydroxylation sites is 2. The molecule has 2 saturated heterocycles. The summed E-state index contributed by atoms with van der Waals surface area (Å²) in [6.07, 6.45) is 5.54. The smallest absolute Gasteiger partial charge is 0.229 e. The van der Waals surface area contributed by atoms with Crippen LogP contribution in [0.5, 0.6) is 17.2 Å². The van der Waals surface area contributed by atoms with Crippen LogP contribution < -0.4 is 14.2 Å². The van der Waals surface area contributed by atoms with Gasteiger partial charge in [-0.25, -0.2) is 4.98 Å². The lowest BCUT2D eigenvalue weighted by Gasteiger charge is -2.35. The van der Waals surface area contributed by atoms with E-state index in [1.54, 1.807) is 27.5 Å². The minimum absolute atomic E-state index is 0.0979. The van der Waals surface area contributed by atoms with Crippen molar-refractivity contribution in [2.75, 3.05) is 47.5 Å². The Hall–Kier alpha value is -5.22. The third kappa shape index (κ3) is 7.25. The fraction of sp³-hybridized carbons (Fsp3) is 0.381. The Bertz CT molecular complexity index is 1980. The van der Waals surface area contributed by atoms with Gasteiger partial charge < -0.3 is 28.6 Å². The Morgan fingerprint density at radius 3 is 2.23 bits per heavy atom. The van der Waals surface area contributed by atoms with Gasteiger partial charge in [0.05, 0.1) is 50.0 Å². The zero-order valence-corrected chi connectivity index (χ0v) is 30.3. The van der Waals surface area contributed by atoms with Gasteiger partial charge in [-0.2, -0.15) is 0 Å². The molecule has 1 unspecified atom stereocenters. The fourth-order valence-corrected chi connectivity index (χ4v) is 8.01. The van der Waals surface area contributed by atoms with E-state index in [-0.39, 0.29) is 17.6 Å². The number of ketones is 1. The van der Waals surface area contributed by atoms with Gasteiger partial charge in [0.1, 0.15) is 0 Å². The molecule has 2 aromatic heterocycles. The number of fused-ring (bicyclic) bond motifs is 1. The van der Waals surface area contributed by atoms with Gasteiger partial charge in [0, 0.05) is 25.2 Å². The first-order valence-electron chi connectivity index (χ1n) is 18.2. The van der Waals surface area contributed by atoms with E-state index in [2.05, 4.69) is 22.0 Å². The molecular weight excluding hydrogens is 654 g/mol. The van der Waals surface area contributed by atoms with E-state index in [1.165, 1.54) is 5.56 Å². The molecule has 4 heterocycles. The Morgan fingerprint density at radius 1 is 0.827 bits per heavy atom. The number of hydrogen-bond acceptors (Lipinski definition) is 8. The molecule has 52 heavy (non-hydrogen) atoms. The molecule has 0 spiro atoms. The molecule has 5 aromatic rings. The normalized spacial score (nSPS) is 18.2. The Labute approximate surface area is 305 Å². The number of methoxy groups -OCH3 is 3. The SMILES string of the molecule is COc1cc(CN2CCC(CCN3CCC(C(=O)c4nc5ccccc5n4Cc4ccccn4)CC3)(Cc3ccccc3)C2=O)cc(OC)c1OC. The highest BCUT2D eigenvalue weighted by molar-refractivity contribution is 5.98. The second kappa shape index (κ2) is 15.6. The van der Waals surface area contributed by atoms with E-state index < -0.39 is 5.41 Å². The first-order valence-corrected chi connectivity index (χ1v) is 18.2. The van der Waals surface area contributed by atoms with Crippen LogP contribution in [0.2, 0.25) is 0 Å². The zero-order valence-electron chi connectivity index (χ0n) is 30.3. The van der Waals surface area contributed by atoms with Crippen molar-refractivity contribution < 1.29 is 23.8 Å². The predicted octanol–water partition coefficient (Wildman–Crippen LogP) is 6.45. The summed E-state index contributed by atoms with van der Waals surface area (Å²) in [4.78, 5) is 42.2. The number of hydrogen-bond donors (Lipinski definition) is 0. The lowest BCUT2D eigenvalue weighted by atomic mass is 9.77. The average molecular weight is 702 g/mol. The number of pyridine rings is 1. The van der Waals surface area contributed by atoms with Gasteiger partial charge in [-0.15, -0.1) is 0 Å². The second-order valence-corrected chi connectivity index (χ2v) is 14.0. The summed E-state index contributed by atoms with van der Waals surface area (Å²) in [6.45, 7) is 4.05. The highest BCUT2D eigenvalue weighted by Crippen LogP contribution is 2.42. The van der Waals surface area contributed by atoms with E-state index >= 15 is 0 Å². The number of Topliss-reactive ketones (excluding diaryl/α,β-unsaturated/α-hetero) is 1. The van der Waals surface area contributed by atoms with E-state index in [0.717, 1.165) is 67.6 Å². The van der Waals surface area contributed by atoms with Crippen LogP contribution in [-0.4, -0.2) is 83.5 Å². The Morgan fingerprint density at radius 2 is 1.54 bits per heavy atom. The monoisotopic (exact) mass is 701 g/mol. The summed E-state index contributed by atoms with van der Waals surface area (Å²) in [6, 6.07) is 28.0. The minimum atomic E-state index is -0.509. The summed E-state index contributed by atoms with van der Waals surface area (Å²) in [7, 11) is 4.79. The van der Waals surface area contributed by atoms with Crippen LogP contribution in [0.4, 0.5) is 0 Å². The minimum Gasteiger partial charge on any atom is -0.493 e. The van der Waals surface area contributed by atoms with Crippen molar-refractivity contribution in [2.45, 2.75) is 45.2 Å². The van der Waals surface area contributed by atoms with E-state index in [0.29, 0.717) is 49.1 Å². The molecular formula is C42H47N5O5. The maximum absolute atomic E-state index is 14.4. The summed E-state index contributed by atoms with van der Waals surface area (Å²) < 4.78 is 18.7. The van der Waals surface area contributed by atoms with Gasteiger partial charge in [0.15, 0.2) is 17.3 Å². The molecule has 0 aliphatic carbocycles. The Balaban J connectivity index is 1.03. The standard InChI is InChI=1S/C42H47N5O5/c1-50-36-25-31(26-37(51-2)39(36)52-3)28-46-24-19-42(41(46)49,27-30-11-5-4-6-12-30)18-23-45-21-16-32(17-22-45)38(48)40-44-34-14-7-8-15-35(34)47(40)29-33-13-9-10-20-43-33/h4-15,20,25-26,32H,16-19,21-24,27-29H2,1-3H3. The highest BCUT2D eigenvalue weighted by atomic mass is 16.5. The molecule has 2 aliphatic rings. The predicted molar refractivity (Wildman–Crippen MR) is 200 cm³/mol. The van der Waals surface area contributed by atoms with Crippen LogP contribution in [0.1, 0.15) is 53.1 Å². The molecule has 270 valence electrons. The number of imidazole rings is 1. The lowest BCUT2D eigenvalue weighted by Crippen LogP contribution is -2.42. The summed E-state index contributed by atoms with van der Waals surface area (Å²) in [5.41, 5.74) is 4.25. The number of piperidine rings is 1. The zero-order chi connectivity index (χ0) is 36.1. The van der Waals surface area contributed by atoms with Crippen molar-refractivity contribution in [1.82, 2.24) is 24.3 Å². The van der Waals surface area contributed by atoms with Gasteiger partial charge in [0.2, 0.25) is 17.4 Å². The molecule has 2 fully saturated rings. The van der Waals surface area contributed by atoms with Crippen molar-refractivity contribution >= 4 is 22.7 Å². The van der Waals surface area contributed by atoms with E-state index in [4.69, 9.17) is 19.2 Å². The molecule has 10 nitrogen and oxygen atoms in total. The first-order chi connectivity index (χ1) is 25.4. The fourth-order valence-electron chi connectivity index (χ4n) is 8.01. The number of nitrogens with zero attached hydrogens (tertiary/aromatic N) is 5. The van der Waals surface area contributed by atoms with Gasteiger partial charge in [-0.05, 0) is 99.3 Å². The molecule has 2 aliphatic heterocycles. The molecule has 10 heteroatoms. The molecule has 0 saturated carbocycles. The number of benzene rings is 3. The molecule has 3 aromatic carbocycles. The van der Waals surface area contributed by atoms with Crippen LogP contribution in [0.3, 0.4) is 0 Å². The Kier molecular flexibility index (Phi) is 10.5. The van der Waals surface area contributed by atoms with Crippen LogP contribution in [0.15, 0.2) is 91.1 Å². The van der Waals surface area contributed by atoms with Gasteiger partial charge in [-0.3, -0.25) is 14.6 Å². The van der Waals surface area contributed by atoms with Crippen molar-refractivity contribution in [2.24, 2.45) is 11.3 Å². The number of carbonyl (C=O) groups excluding carboxylic acids is 2. The maximum atomic E-state index is 14.4. The first kappa shape index (κ1) is 35.2. The van der Waals surface area contributed by atoms with Gasteiger partial charge >= 0.3 is 0 Å². The highest BCUT2D eigenvalue weighted by Gasteiger charge is 2.46. The summed E-state index contributed by atoms with van der Waals surface area (Å²) >= 11 is 0. The third-order valence-electron chi connectivity index (χ3n) is 10.9. The molecule has 0 radical (unpaired) electrons. The number of ether oxygens (including phenoxy) is 3. The van der Waals surface area contributed by atoms with Crippen LogP contribution in [0.25, 0.3) is 11.0 Å². The van der Waals surface area contributed by atoms with Crippen molar-refractivity contribution in [3.8, 4) is 17.2 Å². The molecule has 7 rings (SSSR count). The van der Waals surface area contributed by atoms with Crippen LogP contribution >= 0.6 is 0 Å². The van der Waals surface area contributed by atoms with Crippen LogP contribution in [-0.2, 0) is 24.3 Å². The lowest BCUT2D eigenvalue weighted by molar-refractivity contribution is -0.137. The average Bonchev–Trinajstić information content (AvgIpc) is 3.70. The third-order valence-corrected chi connectivity index (χ3v) is 10.9. The second-order valence-electron chi connectivity index (χ2n) is 14.0. The van der Waals surface area contributed by atoms with Crippen molar-refractivity contribution in [3.05, 3.63) is 114 Å². The number of likely N-dealkylation sites (tertiary alicyclic amines) is 2. The molecule has 0 bridgehead atoms. The van der Waals surface area contributed by atoms with Crippen molar-refractivity contribution in [1.29, 1.82) is 0 Å². The van der Waals surface area contributed by atoms with Gasteiger partial charge in [0.25, 0.3) is 0 Å². The van der Waals surface area contributed by atoms with Gasteiger partial charge in [-0.1, -0.05) is 48.5 Å². The topological polar surface area (TPSA) is 99.0 Å². The van der Waals surface area contributed by atoms with Crippen LogP contribution in [0, 0.1) is 11.3 Å². The summed E-state index contributed by atoms with van der Waals surface area (Å²) in [5.74, 6) is 2.38. The molecule has 1 amide bonds. The van der Waals surface area contributed by atoms with E-state index in [1.807, 2.05) is 82.3 Å². The quantitative estimate of drug-likeness (QED) is 0.122.